The predicted molar refractivity (Wildman–Crippen MR) is 84.9 cm³/mol. The fraction of sp³-hybridized carbons (Fsp3) is 0.529. The highest BCUT2D eigenvalue weighted by Crippen LogP contribution is 2.18. The van der Waals surface area contributed by atoms with Crippen molar-refractivity contribution in [3.63, 3.8) is 0 Å². The highest BCUT2D eigenvalue weighted by molar-refractivity contribution is 5.94. The van der Waals surface area contributed by atoms with Gasteiger partial charge in [0.25, 0.3) is 5.91 Å². The molecule has 2 rings (SSSR count). The van der Waals surface area contributed by atoms with Gasteiger partial charge in [0.15, 0.2) is 0 Å². The van der Waals surface area contributed by atoms with Crippen LogP contribution in [-0.4, -0.2) is 59.5 Å². The van der Waals surface area contributed by atoms with Crippen LogP contribution in [0.2, 0.25) is 0 Å². The Morgan fingerprint density at radius 3 is 2.74 bits per heavy atom. The average Bonchev–Trinajstić information content (AvgIpc) is 2.74. The summed E-state index contributed by atoms with van der Waals surface area (Å²) in [7, 11) is 1.80. The number of halogens is 1. The lowest BCUT2D eigenvalue weighted by Crippen LogP contribution is -2.37. The van der Waals surface area contributed by atoms with Crippen molar-refractivity contribution in [2.45, 2.75) is 32.2 Å². The van der Waals surface area contributed by atoms with E-state index in [-0.39, 0.29) is 24.3 Å². The smallest absolute Gasteiger partial charge is 0.317 e. The highest BCUT2D eigenvalue weighted by atomic mass is 19.1. The van der Waals surface area contributed by atoms with E-state index in [1.807, 2.05) is 4.90 Å². The number of carbonyl (C=O) groups excluding carboxylic acids is 1. The fourth-order valence-corrected chi connectivity index (χ4v) is 2.97. The van der Waals surface area contributed by atoms with E-state index in [1.54, 1.807) is 31.0 Å². The minimum Gasteiger partial charge on any atom is -0.480 e. The Hall–Kier alpha value is -1.95. The molecule has 1 aliphatic heterocycles. The number of carbonyl (C=O) groups is 2. The molecule has 1 saturated heterocycles. The molecule has 5 nitrogen and oxygen atoms in total. The molecule has 1 N–H and O–H groups in total. The molecule has 1 aromatic carbocycles. The Bertz CT molecular complexity index is 591. The van der Waals surface area contributed by atoms with Crippen molar-refractivity contribution in [3.8, 4) is 0 Å². The van der Waals surface area contributed by atoms with Crippen LogP contribution in [0.15, 0.2) is 18.2 Å². The maximum Gasteiger partial charge on any atom is 0.317 e. The molecule has 1 atom stereocenters. The van der Waals surface area contributed by atoms with Crippen LogP contribution in [0.1, 0.15) is 35.2 Å². The number of carboxylic acids is 1. The average molecular weight is 322 g/mol. The molecule has 1 aliphatic rings. The number of carboxylic acid groups (broad SMARTS) is 1. The molecule has 0 radical (unpaired) electrons. The lowest BCUT2D eigenvalue weighted by molar-refractivity contribution is -0.138. The van der Waals surface area contributed by atoms with Crippen molar-refractivity contribution in [1.82, 2.24) is 9.80 Å². The number of likely N-dealkylation sites (tertiary alicyclic amines) is 1. The van der Waals surface area contributed by atoms with Gasteiger partial charge in [0.2, 0.25) is 0 Å². The van der Waals surface area contributed by atoms with Crippen LogP contribution in [0, 0.1) is 12.7 Å². The summed E-state index contributed by atoms with van der Waals surface area (Å²) in [5.74, 6) is -1.38. The Morgan fingerprint density at radius 1 is 1.35 bits per heavy atom. The Balaban J connectivity index is 2.00. The highest BCUT2D eigenvalue weighted by Gasteiger charge is 2.24. The third kappa shape index (κ3) is 4.51. The largest absolute Gasteiger partial charge is 0.480 e. The zero-order chi connectivity index (χ0) is 17.0. The second-order valence-electron chi connectivity index (χ2n) is 6.15. The number of hydrogen-bond acceptors (Lipinski definition) is 3. The van der Waals surface area contributed by atoms with E-state index in [4.69, 9.17) is 5.11 Å². The number of amides is 1. The van der Waals surface area contributed by atoms with Crippen LogP contribution >= 0.6 is 0 Å². The van der Waals surface area contributed by atoms with Gasteiger partial charge in [-0.2, -0.15) is 0 Å². The molecule has 0 aliphatic carbocycles. The first-order chi connectivity index (χ1) is 10.9. The van der Waals surface area contributed by atoms with Gasteiger partial charge in [0, 0.05) is 24.7 Å². The van der Waals surface area contributed by atoms with Gasteiger partial charge in [0.05, 0.1) is 6.54 Å². The van der Waals surface area contributed by atoms with Crippen molar-refractivity contribution >= 4 is 11.9 Å². The molecule has 6 heteroatoms. The lowest BCUT2D eigenvalue weighted by atomic mass is 10.1. The van der Waals surface area contributed by atoms with Gasteiger partial charge in [-0.3, -0.25) is 14.5 Å². The zero-order valence-electron chi connectivity index (χ0n) is 13.6. The van der Waals surface area contributed by atoms with Gasteiger partial charge in [-0.25, -0.2) is 4.39 Å². The number of aliphatic carboxylic acids is 1. The monoisotopic (exact) mass is 322 g/mol. The van der Waals surface area contributed by atoms with Gasteiger partial charge in [-0.1, -0.05) is 6.07 Å². The van der Waals surface area contributed by atoms with Crippen molar-refractivity contribution in [2.24, 2.45) is 0 Å². The minimum atomic E-state index is -0.847. The summed E-state index contributed by atoms with van der Waals surface area (Å²) < 4.78 is 13.6. The Morgan fingerprint density at radius 2 is 2.09 bits per heavy atom. The standard InChI is InChI=1S/C17H23FN2O3/c1-12-5-6-13(10-15(12)18)17(23)20-8-3-4-14(7-9-20)19(2)11-16(21)22/h5-6,10,14H,3-4,7-9,11H2,1-2H3,(H,21,22). The van der Waals surface area contributed by atoms with Crippen molar-refractivity contribution in [3.05, 3.63) is 35.1 Å². The first kappa shape index (κ1) is 17.4. The van der Waals surface area contributed by atoms with E-state index in [0.29, 0.717) is 24.2 Å². The normalized spacial score (nSPS) is 18.8. The van der Waals surface area contributed by atoms with E-state index in [0.717, 1.165) is 19.3 Å². The second-order valence-corrected chi connectivity index (χ2v) is 6.15. The topological polar surface area (TPSA) is 60.9 Å². The van der Waals surface area contributed by atoms with Crippen molar-refractivity contribution < 1.29 is 19.1 Å². The third-order valence-corrected chi connectivity index (χ3v) is 4.41. The van der Waals surface area contributed by atoms with E-state index in [1.165, 1.54) is 6.07 Å². The van der Waals surface area contributed by atoms with E-state index >= 15 is 0 Å². The molecule has 1 amide bonds. The quantitative estimate of drug-likeness (QED) is 0.923. The maximum atomic E-state index is 13.6. The molecule has 0 bridgehead atoms. The molecule has 23 heavy (non-hydrogen) atoms. The molecule has 0 spiro atoms. The number of likely N-dealkylation sites (N-methyl/N-ethyl adjacent to an activating group) is 1. The summed E-state index contributed by atoms with van der Waals surface area (Å²) in [5.41, 5.74) is 0.887. The third-order valence-electron chi connectivity index (χ3n) is 4.41. The van der Waals surface area contributed by atoms with Crippen LogP contribution < -0.4 is 0 Å². The molecule has 126 valence electrons. The maximum absolute atomic E-state index is 13.6. The zero-order valence-corrected chi connectivity index (χ0v) is 13.6. The molecule has 0 aromatic heterocycles. The van der Waals surface area contributed by atoms with Crippen molar-refractivity contribution in [2.75, 3.05) is 26.7 Å². The lowest BCUT2D eigenvalue weighted by Gasteiger charge is -2.25. The second kappa shape index (κ2) is 7.55. The van der Waals surface area contributed by atoms with E-state index in [2.05, 4.69) is 0 Å². The fourth-order valence-electron chi connectivity index (χ4n) is 2.97. The van der Waals surface area contributed by atoms with E-state index in [9.17, 15) is 14.0 Å². The molecule has 0 saturated carbocycles. The number of rotatable bonds is 4. The van der Waals surface area contributed by atoms with Gasteiger partial charge < -0.3 is 10.0 Å². The Labute approximate surface area is 135 Å². The first-order valence-electron chi connectivity index (χ1n) is 7.86. The number of nitrogens with zero attached hydrogens (tertiary/aromatic N) is 2. The van der Waals surface area contributed by atoms with Gasteiger partial charge in [-0.15, -0.1) is 0 Å². The molecule has 1 fully saturated rings. The summed E-state index contributed by atoms with van der Waals surface area (Å²) in [6.07, 6.45) is 2.40. The van der Waals surface area contributed by atoms with Gasteiger partial charge in [-0.05, 0) is 50.9 Å². The van der Waals surface area contributed by atoms with Crippen LogP contribution in [0.4, 0.5) is 4.39 Å². The number of hydrogen-bond donors (Lipinski definition) is 1. The van der Waals surface area contributed by atoms with Crippen molar-refractivity contribution in [1.29, 1.82) is 0 Å². The summed E-state index contributed by atoms with van der Waals surface area (Å²) in [6, 6.07) is 4.71. The SMILES string of the molecule is Cc1ccc(C(=O)N2CCCC(N(C)CC(=O)O)CC2)cc1F. The molecule has 1 aromatic rings. The molecular weight excluding hydrogens is 299 g/mol. The van der Waals surface area contributed by atoms with Crippen LogP contribution in [0.5, 0.6) is 0 Å². The van der Waals surface area contributed by atoms with Crippen LogP contribution in [0.25, 0.3) is 0 Å². The van der Waals surface area contributed by atoms with Gasteiger partial charge in [0.1, 0.15) is 5.82 Å². The predicted octanol–water partition coefficient (Wildman–Crippen LogP) is 2.15. The van der Waals surface area contributed by atoms with Gasteiger partial charge >= 0.3 is 5.97 Å². The summed E-state index contributed by atoms with van der Waals surface area (Å²) in [5, 5.41) is 8.88. The van der Waals surface area contributed by atoms with E-state index < -0.39 is 5.97 Å². The molecule has 1 unspecified atom stereocenters. The first-order valence-corrected chi connectivity index (χ1v) is 7.86. The Kier molecular flexibility index (Phi) is 5.71. The molecular formula is C17H23FN2O3. The minimum absolute atomic E-state index is 0.00177. The summed E-state index contributed by atoms with van der Waals surface area (Å²) >= 11 is 0. The summed E-state index contributed by atoms with van der Waals surface area (Å²) in [6.45, 7) is 2.84. The summed E-state index contributed by atoms with van der Waals surface area (Å²) in [4.78, 5) is 26.9. The van der Waals surface area contributed by atoms with Crippen LogP contribution in [-0.2, 0) is 4.79 Å². The number of aryl methyl sites for hydroxylation is 1. The number of benzene rings is 1. The molecule has 1 heterocycles. The van der Waals surface area contributed by atoms with Crippen LogP contribution in [0.3, 0.4) is 0 Å².